The van der Waals surface area contributed by atoms with E-state index in [4.69, 9.17) is 14.2 Å². The summed E-state index contributed by atoms with van der Waals surface area (Å²) in [6.07, 6.45) is 3.74. The van der Waals surface area contributed by atoms with Crippen molar-refractivity contribution in [3.63, 3.8) is 0 Å². The van der Waals surface area contributed by atoms with E-state index < -0.39 is 17.5 Å². The van der Waals surface area contributed by atoms with E-state index in [-0.39, 0.29) is 12.7 Å². The van der Waals surface area contributed by atoms with Crippen molar-refractivity contribution in [2.24, 2.45) is 5.92 Å². The third-order valence-corrected chi connectivity index (χ3v) is 4.44. The van der Waals surface area contributed by atoms with Crippen LogP contribution in [0, 0.1) is 5.92 Å². The molecule has 0 radical (unpaired) electrons. The molecule has 0 saturated carbocycles. The van der Waals surface area contributed by atoms with Gasteiger partial charge in [0, 0.05) is 5.92 Å². The fourth-order valence-corrected chi connectivity index (χ4v) is 2.77. The molecule has 0 fully saturated rings. The number of aliphatic hydroxyl groups is 1. The Morgan fingerprint density at radius 2 is 1.60 bits per heavy atom. The van der Waals surface area contributed by atoms with Crippen LogP contribution in [0.5, 0.6) is 0 Å². The molecule has 1 N–H and O–H groups in total. The van der Waals surface area contributed by atoms with E-state index in [0.29, 0.717) is 13.2 Å². The van der Waals surface area contributed by atoms with Crippen molar-refractivity contribution in [3.8, 4) is 0 Å². The molecular formula is C25H30O5. The zero-order valence-electron chi connectivity index (χ0n) is 17.6. The predicted molar refractivity (Wildman–Crippen MR) is 116 cm³/mol. The maximum absolute atomic E-state index is 12.7. The number of esters is 1. The van der Waals surface area contributed by atoms with Gasteiger partial charge >= 0.3 is 5.97 Å². The Hall–Kier alpha value is -2.89. The van der Waals surface area contributed by atoms with E-state index in [2.05, 4.69) is 6.58 Å². The first-order valence-corrected chi connectivity index (χ1v) is 9.96. The molecule has 0 spiro atoms. The molecule has 2 aromatic carbocycles. The highest BCUT2D eigenvalue weighted by atomic mass is 16.6. The molecule has 0 bridgehead atoms. The van der Waals surface area contributed by atoms with Crippen LogP contribution in [0.1, 0.15) is 25.0 Å². The quantitative estimate of drug-likeness (QED) is 0.319. The van der Waals surface area contributed by atoms with E-state index in [1.165, 1.54) is 18.4 Å². The lowest BCUT2D eigenvalue weighted by Gasteiger charge is -2.30. The Morgan fingerprint density at radius 1 is 1.03 bits per heavy atom. The monoisotopic (exact) mass is 410 g/mol. The van der Waals surface area contributed by atoms with Gasteiger partial charge in [-0.3, -0.25) is 0 Å². The minimum absolute atomic E-state index is 0.0884. The van der Waals surface area contributed by atoms with Gasteiger partial charge in [0.15, 0.2) is 5.60 Å². The maximum atomic E-state index is 12.7. The van der Waals surface area contributed by atoms with Gasteiger partial charge in [0.1, 0.15) is 6.61 Å². The first-order valence-electron chi connectivity index (χ1n) is 9.96. The van der Waals surface area contributed by atoms with Crippen molar-refractivity contribution in [1.82, 2.24) is 0 Å². The van der Waals surface area contributed by atoms with E-state index >= 15 is 0 Å². The molecule has 2 atom stereocenters. The first-order chi connectivity index (χ1) is 14.5. The molecule has 30 heavy (non-hydrogen) atoms. The van der Waals surface area contributed by atoms with Crippen LogP contribution in [-0.4, -0.2) is 29.4 Å². The minimum atomic E-state index is -1.96. The van der Waals surface area contributed by atoms with Crippen LogP contribution < -0.4 is 0 Å². The van der Waals surface area contributed by atoms with Crippen LogP contribution in [0.2, 0.25) is 0 Å². The summed E-state index contributed by atoms with van der Waals surface area (Å²) >= 11 is 0. The second-order valence-electron chi connectivity index (χ2n) is 7.22. The van der Waals surface area contributed by atoms with Crippen LogP contribution in [0.4, 0.5) is 0 Å². The number of hydrogen-bond donors (Lipinski definition) is 1. The zero-order chi connectivity index (χ0) is 21.8. The van der Waals surface area contributed by atoms with Gasteiger partial charge in [-0.2, -0.15) is 0 Å². The van der Waals surface area contributed by atoms with Crippen molar-refractivity contribution in [3.05, 3.63) is 96.8 Å². The number of ether oxygens (including phenoxy) is 3. The Balaban J connectivity index is 2.06. The lowest BCUT2D eigenvalue weighted by molar-refractivity contribution is -0.169. The number of carbonyl (C=O) groups is 1. The van der Waals surface area contributed by atoms with E-state index in [1.807, 2.05) is 60.7 Å². The molecule has 5 nitrogen and oxygen atoms in total. The molecule has 160 valence electrons. The van der Waals surface area contributed by atoms with Gasteiger partial charge < -0.3 is 19.3 Å². The third-order valence-electron chi connectivity index (χ3n) is 4.44. The fourth-order valence-electron chi connectivity index (χ4n) is 2.77. The Morgan fingerprint density at radius 3 is 2.13 bits per heavy atom. The van der Waals surface area contributed by atoms with Gasteiger partial charge in [0.25, 0.3) is 0 Å². The number of carbonyl (C=O) groups excluding carboxylic acids is 1. The van der Waals surface area contributed by atoms with Crippen LogP contribution in [0.15, 0.2) is 85.7 Å². The fraction of sp³-hybridized carbons (Fsp3) is 0.320. The summed E-state index contributed by atoms with van der Waals surface area (Å²) in [5, 5.41) is 11.2. The highest BCUT2D eigenvalue weighted by molar-refractivity contribution is 5.82. The third kappa shape index (κ3) is 7.17. The van der Waals surface area contributed by atoms with Gasteiger partial charge in [-0.05, 0) is 31.1 Å². The molecule has 0 aliphatic heterocycles. The summed E-state index contributed by atoms with van der Waals surface area (Å²) in [5.74, 6) is -1.49. The van der Waals surface area contributed by atoms with Crippen LogP contribution >= 0.6 is 0 Å². The summed E-state index contributed by atoms with van der Waals surface area (Å²) in [7, 11) is 0. The topological polar surface area (TPSA) is 65.0 Å². The molecular weight excluding hydrogens is 380 g/mol. The predicted octanol–water partition coefficient (Wildman–Crippen LogP) is 4.42. The molecule has 5 heteroatoms. The van der Waals surface area contributed by atoms with E-state index in [0.717, 1.165) is 11.1 Å². The van der Waals surface area contributed by atoms with Crippen LogP contribution in [-0.2, 0) is 32.2 Å². The van der Waals surface area contributed by atoms with Gasteiger partial charge in [-0.25, -0.2) is 4.79 Å². The molecule has 0 heterocycles. The summed E-state index contributed by atoms with van der Waals surface area (Å²) in [4.78, 5) is 12.7. The van der Waals surface area contributed by atoms with Crippen molar-refractivity contribution < 1.29 is 24.1 Å². The molecule has 0 amide bonds. The smallest absolute Gasteiger partial charge is 0.343 e. The molecule has 0 saturated heterocycles. The largest absolute Gasteiger partial charge is 0.497 e. The summed E-state index contributed by atoms with van der Waals surface area (Å²) in [6.45, 7) is 7.98. The Labute approximate surface area is 178 Å². The minimum Gasteiger partial charge on any atom is -0.497 e. The molecule has 2 rings (SSSR count). The average Bonchev–Trinajstić information content (AvgIpc) is 2.75. The average molecular weight is 411 g/mol. The second-order valence-corrected chi connectivity index (χ2v) is 7.22. The maximum Gasteiger partial charge on any atom is 0.343 e. The van der Waals surface area contributed by atoms with Crippen molar-refractivity contribution in [1.29, 1.82) is 0 Å². The van der Waals surface area contributed by atoms with Gasteiger partial charge in [-0.15, -0.1) is 6.58 Å². The highest BCUT2D eigenvalue weighted by Gasteiger charge is 2.42. The number of hydrogen-bond acceptors (Lipinski definition) is 5. The summed E-state index contributed by atoms with van der Waals surface area (Å²) in [6, 6.07) is 19.3. The van der Waals surface area contributed by atoms with Crippen molar-refractivity contribution >= 4 is 5.97 Å². The first kappa shape index (κ1) is 23.4. The van der Waals surface area contributed by atoms with Crippen molar-refractivity contribution in [2.45, 2.75) is 38.8 Å². The van der Waals surface area contributed by atoms with Gasteiger partial charge in [0.2, 0.25) is 0 Å². The van der Waals surface area contributed by atoms with E-state index in [1.54, 1.807) is 13.8 Å². The molecule has 0 aliphatic carbocycles. The Kier molecular flexibility index (Phi) is 9.32. The normalized spacial score (nSPS) is 14.3. The van der Waals surface area contributed by atoms with Crippen molar-refractivity contribution in [2.75, 3.05) is 6.61 Å². The lowest BCUT2D eigenvalue weighted by atomic mass is 9.87. The number of rotatable bonds is 12. The zero-order valence-corrected chi connectivity index (χ0v) is 17.6. The lowest BCUT2D eigenvalue weighted by Crippen LogP contribution is -2.47. The number of benzene rings is 2. The molecule has 0 aliphatic rings. The highest BCUT2D eigenvalue weighted by Crippen LogP contribution is 2.25. The van der Waals surface area contributed by atoms with Crippen LogP contribution in [0.3, 0.4) is 0 Å². The molecule has 2 aromatic rings. The van der Waals surface area contributed by atoms with E-state index in [9.17, 15) is 9.90 Å². The summed E-state index contributed by atoms with van der Waals surface area (Å²) < 4.78 is 16.5. The standard InChI is InChI=1S/C25H30O5/c1-4-23(19-29-18-22-13-9-6-10-14-22)25(27,24(26)30-20(2)3)15-16-28-17-21-11-7-5-8-12-21/h4-16,20,23,27H,1,17-19H2,2-3H3/b16-15+/t23-,25+/m0/s1. The van der Waals surface area contributed by atoms with Gasteiger partial charge in [-0.1, -0.05) is 66.7 Å². The van der Waals surface area contributed by atoms with Gasteiger partial charge in [0.05, 0.1) is 25.6 Å². The Bertz CT molecular complexity index is 801. The van der Waals surface area contributed by atoms with Crippen LogP contribution in [0.25, 0.3) is 0 Å². The summed E-state index contributed by atoms with van der Waals surface area (Å²) in [5.41, 5.74) is 0.0107. The molecule has 0 unspecified atom stereocenters. The second kappa shape index (κ2) is 12.0. The SMILES string of the molecule is C=C[C@@H](COCc1ccccc1)[C@](O)(/C=C/OCc1ccccc1)C(=O)OC(C)C. The molecule has 0 aromatic heterocycles.